The molecular formula is C73H142O17P2. The number of esters is 4. The number of carbonyl (C=O) groups is 4. The van der Waals surface area contributed by atoms with Gasteiger partial charge in [-0.1, -0.05) is 324 Å². The van der Waals surface area contributed by atoms with Crippen LogP contribution < -0.4 is 0 Å². The number of unbranched alkanes of at least 4 members (excludes halogenated alkanes) is 42. The van der Waals surface area contributed by atoms with E-state index in [0.29, 0.717) is 25.7 Å². The van der Waals surface area contributed by atoms with E-state index in [1.54, 1.807) is 0 Å². The lowest BCUT2D eigenvalue weighted by Crippen LogP contribution is -2.30. The van der Waals surface area contributed by atoms with Crippen LogP contribution in [0.1, 0.15) is 375 Å². The molecule has 0 saturated heterocycles. The fourth-order valence-electron chi connectivity index (χ4n) is 11.1. The molecule has 19 heteroatoms. The van der Waals surface area contributed by atoms with Gasteiger partial charge in [0.25, 0.3) is 0 Å². The summed E-state index contributed by atoms with van der Waals surface area (Å²) in [6.07, 6.45) is 51.7. The van der Waals surface area contributed by atoms with Crippen LogP contribution in [-0.4, -0.2) is 96.7 Å². The van der Waals surface area contributed by atoms with Gasteiger partial charge in [-0.3, -0.25) is 37.3 Å². The standard InChI is InChI=1S/C73H142O17P2/c1-7-9-11-13-14-15-16-17-18-19-23-28-33-38-44-50-56-71(76)84-62-69(90-73(78)57-51-45-39-34-29-24-21-20-22-26-31-36-42-47-53-65(3)4)64-88-92(81,82)86-60-67(74)59-85-91(79,80)87-63-68(61-83-70(75)55-49-41-12-10-8-2)89-72(77)58-52-46-40-35-30-25-27-32-37-43-48-54-66(5)6/h65-69,74H,7-64H2,1-6H3,(H,79,80)(H,81,82)/t67-,68+,69+/m0/s1. The molecule has 0 aliphatic rings. The number of aliphatic hydroxyl groups excluding tert-OH is 1. The highest BCUT2D eigenvalue weighted by Gasteiger charge is 2.30. The van der Waals surface area contributed by atoms with E-state index in [1.165, 1.54) is 186 Å². The second kappa shape index (κ2) is 65.0. The molecule has 0 bridgehead atoms. The van der Waals surface area contributed by atoms with Crippen molar-refractivity contribution in [2.75, 3.05) is 39.6 Å². The van der Waals surface area contributed by atoms with Gasteiger partial charge < -0.3 is 33.8 Å². The molecule has 0 fully saturated rings. The lowest BCUT2D eigenvalue weighted by molar-refractivity contribution is -0.161. The van der Waals surface area contributed by atoms with Gasteiger partial charge in [0.15, 0.2) is 12.2 Å². The van der Waals surface area contributed by atoms with Crippen molar-refractivity contribution in [3.63, 3.8) is 0 Å². The van der Waals surface area contributed by atoms with Crippen molar-refractivity contribution >= 4 is 39.5 Å². The Kier molecular flexibility index (Phi) is 63.7. The van der Waals surface area contributed by atoms with Gasteiger partial charge in [-0.15, -0.1) is 0 Å². The summed E-state index contributed by atoms with van der Waals surface area (Å²) in [4.78, 5) is 72.4. The zero-order chi connectivity index (χ0) is 67.9. The maximum atomic E-state index is 13.0. The predicted molar refractivity (Wildman–Crippen MR) is 372 cm³/mol. The smallest absolute Gasteiger partial charge is 0.462 e. The molecule has 0 aromatic heterocycles. The molecule has 2 unspecified atom stereocenters. The van der Waals surface area contributed by atoms with Gasteiger partial charge in [-0.05, 0) is 37.5 Å². The third-order valence-electron chi connectivity index (χ3n) is 17.0. The fraction of sp³-hybridized carbons (Fsp3) is 0.945. The minimum atomic E-state index is -4.95. The zero-order valence-electron chi connectivity index (χ0n) is 59.9. The SMILES string of the molecule is CCCCCCCCCCCCCCCCCCC(=O)OC[C@H](COP(=O)(O)OC[C@@H](O)COP(=O)(O)OC[C@@H](COC(=O)CCCCCCC)OC(=O)CCCCCCCCCCCCCC(C)C)OC(=O)CCCCCCCCCCCCCCCCC(C)C. The summed E-state index contributed by atoms with van der Waals surface area (Å²) < 4.78 is 68.2. The van der Waals surface area contributed by atoms with Crippen molar-refractivity contribution in [1.82, 2.24) is 0 Å². The van der Waals surface area contributed by atoms with Crippen LogP contribution >= 0.6 is 15.6 Å². The molecule has 0 rings (SSSR count). The normalized spacial score (nSPS) is 14.1. The monoisotopic (exact) mass is 1350 g/mol. The Morgan fingerprint density at radius 1 is 0.293 bits per heavy atom. The van der Waals surface area contributed by atoms with Crippen molar-refractivity contribution < 1.29 is 80.2 Å². The second-order valence-corrected chi connectivity index (χ2v) is 30.2. The first-order valence-electron chi connectivity index (χ1n) is 38.0. The Bertz CT molecular complexity index is 1790. The Morgan fingerprint density at radius 3 is 0.739 bits per heavy atom. The Hall–Kier alpha value is -1.94. The summed E-state index contributed by atoms with van der Waals surface area (Å²) in [5, 5.41) is 10.6. The predicted octanol–water partition coefficient (Wildman–Crippen LogP) is 21.2. The molecule has 3 N–H and O–H groups in total. The van der Waals surface area contributed by atoms with Crippen molar-refractivity contribution in [2.24, 2.45) is 11.8 Å². The molecule has 0 radical (unpaired) electrons. The number of phosphoric acid groups is 2. The molecule has 92 heavy (non-hydrogen) atoms. The quantitative estimate of drug-likeness (QED) is 0.0222. The van der Waals surface area contributed by atoms with Gasteiger partial charge in [0.05, 0.1) is 26.4 Å². The zero-order valence-corrected chi connectivity index (χ0v) is 61.6. The average Bonchev–Trinajstić information content (AvgIpc) is 1.92. The number of aliphatic hydroxyl groups is 1. The maximum absolute atomic E-state index is 13.0. The van der Waals surface area contributed by atoms with E-state index in [9.17, 15) is 43.2 Å². The summed E-state index contributed by atoms with van der Waals surface area (Å²) in [6, 6.07) is 0. The largest absolute Gasteiger partial charge is 0.472 e. The first-order chi connectivity index (χ1) is 44.4. The van der Waals surface area contributed by atoms with Crippen LogP contribution in [0.25, 0.3) is 0 Å². The van der Waals surface area contributed by atoms with E-state index in [-0.39, 0.29) is 25.7 Å². The van der Waals surface area contributed by atoms with E-state index in [2.05, 4.69) is 41.5 Å². The lowest BCUT2D eigenvalue weighted by atomic mass is 10.0. The number of rotatable bonds is 72. The minimum Gasteiger partial charge on any atom is -0.462 e. The van der Waals surface area contributed by atoms with Crippen LogP contribution in [0.15, 0.2) is 0 Å². The number of carbonyl (C=O) groups excluding carboxylic acids is 4. The topological polar surface area (TPSA) is 237 Å². The van der Waals surface area contributed by atoms with Gasteiger partial charge in [-0.25, -0.2) is 9.13 Å². The van der Waals surface area contributed by atoms with Crippen molar-refractivity contribution in [2.45, 2.75) is 394 Å². The average molecular weight is 1350 g/mol. The number of hydrogen-bond acceptors (Lipinski definition) is 15. The van der Waals surface area contributed by atoms with Gasteiger partial charge in [-0.2, -0.15) is 0 Å². The van der Waals surface area contributed by atoms with Crippen LogP contribution in [0.4, 0.5) is 0 Å². The van der Waals surface area contributed by atoms with E-state index in [4.69, 9.17) is 37.0 Å². The first-order valence-corrected chi connectivity index (χ1v) is 41.0. The van der Waals surface area contributed by atoms with E-state index in [0.717, 1.165) is 108 Å². The fourth-order valence-corrected chi connectivity index (χ4v) is 12.7. The Labute approximate surface area is 562 Å². The summed E-state index contributed by atoms with van der Waals surface area (Å²) in [5.41, 5.74) is 0. The van der Waals surface area contributed by atoms with Crippen LogP contribution in [0.2, 0.25) is 0 Å². The molecule has 0 amide bonds. The molecule has 17 nitrogen and oxygen atoms in total. The summed E-state index contributed by atoms with van der Waals surface area (Å²) >= 11 is 0. The van der Waals surface area contributed by atoms with Gasteiger partial charge >= 0.3 is 39.5 Å². The summed E-state index contributed by atoms with van der Waals surface area (Å²) in [5.74, 6) is -0.569. The number of hydrogen-bond donors (Lipinski definition) is 3. The second-order valence-electron chi connectivity index (χ2n) is 27.3. The molecule has 0 heterocycles. The molecule has 546 valence electrons. The summed E-state index contributed by atoms with van der Waals surface area (Å²) in [7, 11) is -9.90. The third kappa shape index (κ3) is 66.7. The van der Waals surface area contributed by atoms with Crippen molar-refractivity contribution in [1.29, 1.82) is 0 Å². The molecule has 0 aliphatic carbocycles. The minimum absolute atomic E-state index is 0.106. The van der Waals surface area contributed by atoms with Gasteiger partial charge in [0, 0.05) is 25.7 Å². The van der Waals surface area contributed by atoms with Crippen molar-refractivity contribution in [3.8, 4) is 0 Å². The molecule has 0 aliphatic heterocycles. The van der Waals surface area contributed by atoms with Crippen LogP contribution in [0.3, 0.4) is 0 Å². The molecule has 0 aromatic rings. The molecule has 0 saturated carbocycles. The third-order valence-corrected chi connectivity index (χ3v) is 18.9. The first kappa shape index (κ1) is 90.1. The van der Waals surface area contributed by atoms with Gasteiger partial charge in [0.1, 0.15) is 19.3 Å². The van der Waals surface area contributed by atoms with Crippen LogP contribution in [-0.2, 0) is 65.4 Å². The lowest BCUT2D eigenvalue weighted by Gasteiger charge is -2.21. The molecular weight excluding hydrogens is 1210 g/mol. The Balaban J connectivity index is 5.15. The molecule has 5 atom stereocenters. The van der Waals surface area contributed by atoms with Gasteiger partial charge in [0.2, 0.25) is 0 Å². The molecule has 0 aromatic carbocycles. The Morgan fingerprint density at radius 2 is 0.500 bits per heavy atom. The maximum Gasteiger partial charge on any atom is 0.472 e. The van der Waals surface area contributed by atoms with E-state index >= 15 is 0 Å². The van der Waals surface area contributed by atoms with Crippen LogP contribution in [0.5, 0.6) is 0 Å². The highest BCUT2D eigenvalue weighted by atomic mass is 31.2. The van der Waals surface area contributed by atoms with E-state index in [1.807, 2.05) is 0 Å². The summed E-state index contributed by atoms with van der Waals surface area (Å²) in [6.45, 7) is 9.51. The number of ether oxygens (including phenoxy) is 4. The van der Waals surface area contributed by atoms with Crippen molar-refractivity contribution in [3.05, 3.63) is 0 Å². The van der Waals surface area contributed by atoms with Crippen LogP contribution in [0, 0.1) is 11.8 Å². The highest BCUT2D eigenvalue weighted by Crippen LogP contribution is 2.45. The number of phosphoric ester groups is 2. The molecule has 0 spiro atoms. The van der Waals surface area contributed by atoms with E-state index < -0.39 is 97.5 Å². The highest BCUT2D eigenvalue weighted by molar-refractivity contribution is 7.47.